The van der Waals surface area contributed by atoms with Crippen LogP contribution < -0.4 is 21.9 Å². The molecule has 0 aliphatic rings. The lowest BCUT2D eigenvalue weighted by Gasteiger charge is -2.03. The zero-order chi connectivity index (χ0) is 21.5. The number of hydrogen-bond acceptors (Lipinski definition) is 6. The predicted octanol–water partition coefficient (Wildman–Crippen LogP) is 2.71. The van der Waals surface area contributed by atoms with Crippen molar-refractivity contribution in [1.29, 1.82) is 0 Å². The van der Waals surface area contributed by atoms with Gasteiger partial charge in [0.25, 0.3) is 0 Å². The van der Waals surface area contributed by atoms with Gasteiger partial charge in [0.1, 0.15) is 11.8 Å². The van der Waals surface area contributed by atoms with E-state index < -0.39 is 12.0 Å². The smallest absolute Gasteiger partial charge is 0.320 e. The van der Waals surface area contributed by atoms with Crippen molar-refractivity contribution in [3.8, 4) is 5.75 Å². The number of ether oxygens (including phenoxy) is 1. The molecule has 0 aliphatic carbocycles. The fraction of sp³-hybridized carbons (Fsp3) is 0.263. The topological polar surface area (TPSA) is 142 Å². The summed E-state index contributed by atoms with van der Waals surface area (Å²) in [6.45, 7) is 0.859. The summed E-state index contributed by atoms with van der Waals surface area (Å²) in [6, 6.07) is 11.7. The van der Waals surface area contributed by atoms with Crippen molar-refractivity contribution in [3.63, 3.8) is 0 Å². The summed E-state index contributed by atoms with van der Waals surface area (Å²) in [6.07, 6.45) is 1.04. The Hall–Kier alpha value is -2.16. The lowest BCUT2D eigenvalue weighted by Crippen LogP contribution is -2.32. The van der Waals surface area contributed by atoms with Crippen LogP contribution in [-0.4, -0.2) is 37.1 Å². The Labute approximate surface area is 174 Å². The van der Waals surface area contributed by atoms with E-state index in [-0.39, 0.29) is 0 Å². The number of carboxylic acid groups (broad SMARTS) is 1. The predicted molar refractivity (Wildman–Crippen MR) is 112 cm³/mol. The Bertz CT molecular complexity index is 722. The van der Waals surface area contributed by atoms with Gasteiger partial charge in [-0.2, -0.15) is 0 Å². The van der Waals surface area contributed by atoms with Crippen LogP contribution in [0.3, 0.4) is 0 Å². The molecule has 0 aliphatic heterocycles. The molecule has 0 radical (unpaired) electrons. The van der Waals surface area contributed by atoms with Crippen molar-refractivity contribution in [2.24, 2.45) is 17.2 Å². The highest BCUT2D eigenvalue weighted by Gasteiger charge is 2.08. The van der Waals surface area contributed by atoms with Gasteiger partial charge in [-0.25, -0.2) is 0 Å². The lowest BCUT2D eigenvalue weighted by atomic mass is 10.2. The second-order valence-electron chi connectivity index (χ2n) is 5.32. The van der Waals surface area contributed by atoms with E-state index in [1.165, 1.54) is 6.07 Å². The highest BCUT2D eigenvalue weighted by Crippen LogP contribution is 2.19. The number of hydrogen-bond donors (Lipinski definition) is 4. The number of halogens is 2. The molecule has 154 valence electrons. The zero-order valence-electron chi connectivity index (χ0n) is 15.5. The van der Waals surface area contributed by atoms with Crippen LogP contribution in [0.25, 0.3) is 0 Å². The Morgan fingerprint density at radius 3 is 2.25 bits per heavy atom. The molecule has 2 rings (SSSR count). The molecular weight excluding hydrogens is 405 g/mol. The number of para-hydroxylation sites is 1. The molecule has 0 saturated carbocycles. The van der Waals surface area contributed by atoms with E-state index in [9.17, 15) is 9.59 Å². The third-order valence-electron chi connectivity index (χ3n) is 3.30. The second kappa shape index (κ2) is 14.8. The minimum Gasteiger partial charge on any atom is -0.496 e. The van der Waals surface area contributed by atoms with Gasteiger partial charge in [0, 0.05) is 22.7 Å². The van der Waals surface area contributed by atoms with Gasteiger partial charge < -0.3 is 27.0 Å². The number of nitrogens with two attached hydrogens (primary N) is 3. The molecule has 1 atom stereocenters. The van der Waals surface area contributed by atoms with Crippen molar-refractivity contribution >= 4 is 35.5 Å². The maximum Gasteiger partial charge on any atom is 0.320 e. The first kappa shape index (κ1) is 25.8. The Morgan fingerprint density at radius 1 is 1.21 bits per heavy atom. The third kappa shape index (κ3) is 10.2. The standard InChI is InChI=1S/C8H11NO.C7H4Cl2O.C4H10N2O2/c1-10-8-5-3-2-4-7(8)6-9;8-6-2-1-5(4-10)7(9)3-6;5-2-1-3(6)4(7)8/h2-5H,6,9H2,1H3;1-4H;3H,1-2,5-6H2,(H,7,8)/t;;3-/m..0/s1. The van der Waals surface area contributed by atoms with Crippen LogP contribution in [0.4, 0.5) is 0 Å². The number of methoxy groups -OCH3 is 1. The van der Waals surface area contributed by atoms with Crippen LogP contribution in [0.1, 0.15) is 22.3 Å². The molecule has 0 saturated heterocycles. The summed E-state index contributed by atoms with van der Waals surface area (Å²) >= 11 is 11.2. The molecule has 7 N–H and O–H groups in total. The van der Waals surface area contributed by atoms with Crippen LogP contribution in [0.2, 0.25) is 10.0 Å². The second-order valence-corrected chi connectivity index (χ2v) is 6.17. The number of carbonyl (C=O) groups excluding carboxylic acids is 1. The van der Waals surface area contributed by atoms with Crippen LogP contribution in [0.5, 0.6) is 5.75 Å². The van der Waals surface area contributed by atoms with E-state index in [0.717, 1.165) is 11.3 Å². The highest BCUT2D eigenvalue weighted by molar-refractivity contribution is 6.36. The average Bonchev–Trinajstić information content (AvgIpc) is 2.69. The number of aldehydes is 1. The fourth-order valence-electron chi connectivity index (χ4n) is 1.77. The van der Waals surface area contributed by atoms with Crippen molar-refractivity contribution in [2.75, 3.05) is 13.7 Å². The van der Waals surface area contributed by atoms with Gasteiger partial charge in [0.15, 0.2) is 6.29 Å². The van der Waals surface area contributed by atoms with Crippen molar-refractivity contribution in [3.05, 3.63) is 63.6 Å². The van der Waals surface area contributed by atoms with Gasteiger partial charge in [-0.05, 0) is 37.2 Å². The molecule has 0 bridgehead atoms. The van der Waals surface area contributed by atoms with E-state index in [4.69, 9.17) is 50.2 Å². The Kier molecular flexibility index (Phi) is 13.7. The molecule has 7 nitrogen and oxygen atoms in total. The summed E-state index contributed by atoms with van der Waals surface area (Å²) in [7, 11) is 1.65. The maximum atomic E-state index is 10.2. The maximum absolute atomic E-state index is 10.2. The van der Waals surface area contributed by atoms with Gasteiger partial charge in [0.2, 0.25) is 0 Å². The minimum absolute atomic E-state index is 0.327. The highest BCUT2D eigenvalue weighted by atomic mass is 35.5. The lowest BCUT2D eigenvalue weighted by molar-refractivity contribution is -0.138. The molecule has 0 unspecified atom stereocenters. The number of aliphatic carboxylic acids is 1. The molecule has 9 heteroatoms. The van der Waals surface area contributed by atoms with E-state index in [1.807, 2.05) is 24.3 Å². The monoisotopic (exact) mass is 429 g/mol. The molecule has 0 heterocycles. The SMILES string of the molecule is COc1ccccc1CN.NCC[C@H](N)C(=O)O.O=Cc1ccc(Cl)cc1Cl. The quantitative estimate of drug-likeness (QED) is 0.516. The number of benzene rings is 2. The van der Waals surface area contributed by atoms with Crippen molar-refractivity contribution < 1.29 is 19.4 Å². The minimum atomic E-state index is -0.990. The average molecular weight is 430 g/mol. The van der Waals surface area contributed by atoms with Crippen LogP contribution >= 0.6 is 23.2 Å². The van der Waals surface area contributed by atoms with Gasteiger partial charge in [0.05, 0.1) is 12.1 Å². The molecule has 0 amide bonds. The largest absolute Gasteiger partial charge is 0.496 e. The zero-order valence-corrected chi connectivity index (χ0v) is 17.0. The van der Waals surface area contributed by atoms with E-state index in [1.54, 1.807) is 19.2 Å². The third-order valence-corrected chi connectivity index (χ3v) is 3.86. The first-order chi connectivity index (χ1) is 13.3. The van der Waals surface area contributed by atoms with Gasteiger partial charge in [-0.15, -0.1) is 0 Å². The van der Waals surface area contributed by atoms with Gasteiger partial charge in [-0.3, -0.25) is 9.59 Å². The molecule has 2 aromatic carbocycles. The van der Waals surface area contributed by atoms with Gasteiger partial charge >= 0.3 is 5.97 Å². The van der Waals surface area contributed by atoms with Crippen LogP contribution in [-0.2, 0) is 11.3 Å². The first-order valence-electron chi connectivity index (χ1n) is 8.21. The van der Waals surface area contributed by atoms with Gasteiger partial charge in [-0.1, -0.05) is 41.4 Å². The summed E-state index contributed by atoms with van der Waals surface area (Å²) in [5, 5.41) is 9.06. The number of carbonyl (C=O) groups is 2. The summed E-state index contributed by atoms with van der Waals surface area (Å²) in [4.78, 5) is 20.1. The molecule has 0 fully saturated rings. The van der Waals surface area contributed by atoms with Crippen molar-refractivity contribution in [1.82, 2.24) is 0 Å². The molecule has 28 heavy (non-hydrogen) atoms. The fourth-order valence-corrected chi connectivity index (χ4v) is 2.22. The summed E-state index contributed by atoms with van der Waals surface area (Å²) in [5.41, 5.74) is 17.0. The van der Waals surface area contributed by atoms with E-state index in [2.05, 4.69) is 0 Å². The summed E-state index contributed by atoms with van der Waals surface area (Å²) < 4.78 is 5.06. The van der Waals surface area contributed by atoms with E-state index in [0.29, 0.717) is 41.4 Å². The molecule has 2 aromatic rings. The normalized spacial score (nSPS) is 10.5. The molecule has 0 spiro atoms. The first-order valence-corrected chi connectivity index (χ1v) is 8.96. The molecular formula is C19H25Cl2N3O4. The van der Waals surface area contributed by atoms with Crippen LogP contribution in [0.15, 0.2) is 42.5 Å². The number of rotatable bonds is 6. The Balaban J connectivity index is 0.000000394. The van der Waals surface area contributed by atoms with E-state index >= 15 is 0 Å². The van der Waals surface area contributed by atoms with Crippen molar-refractivity contribution in [2.45, 2.75) is 19.0 Å². The number of carboxylic acids is 1. The molecule has 0 aromatic heterocycles. The van der Waals surface area contributed by atoms with Crippen LogP contribution in [0, 0.1) is 0 Å². The Morgan fingerprint density at radius 2 is 1.86 bits per heavy atom. The summed E-state index contributed by atoms with van der Waals surface area (Å²) in [5.74, 6) is -0.125.